The summed E-state index contributed by atoms with van der Waals surface area (Å²) in [7, 11) is -4.38. The van der Waals surface area contributed by atoms with Crippen molar-refractivity contribution in [3.05, 3.63) is 60.7 Å². The summed E-state index contributed by atoms with van der Waals surface area (Å²) in [6.07, 6.45) is 0. The molecular weight excluding hydrogens is 339 g/mol. The van der Waals surface area contributed by atoms with Crippen molar-refractivity contribution >= 4 is 32.3 Å². The first-order valence-electron chi connectivity index (χ1n) is 6.65. The zero-order valence-corrected chi connectivity index (χ0v) is 15.6. The van der Waals surface area contributed by atoms with Crippen LogP contribution in [0.3, 0.4) is 0 Å². The van der Waals surface area contributed by atoms with Gasteiger partial charge in [0.1, 0.15) is 10.6 Å². The Morgan fingerprint density at radius 3 is 2.08 bits per heavy atom. The topological polar surface area (TPSA) is 99.3 Å². The first-order valence-corrected chi connectivity index (χ1v) is 8.09. The van der Waals surface area contributed by atoms with Gasteiger partial charge >= 0.3 is 29.6 Å². The van der Waals surface area contributed by atoms with E-state index in [4.69, 9.17) is 0 Å². The van der Waals surface area contributed by atoms with Crippen LogP contribution in [0.2, 0.25) is 0 Å². The van der Waals surface area contributed by atoms with Crippen LogP contribution in [-0.4, -0.2) is 18.1 Å². The van der Waals surface area contributed by atoms with Gasteiger partial charge in [-0.2, -0.15) is 13.5 Å². The Balaban J connectivity index is 0.00000208. The summed E-state index contributed by atoms with van der Waals surface area (Å²) in [6.45, 7) is 0. The van der Waals surface area contributed by atoms with Crippen LogP contribution in [0.1, 0.15) is 0 Å². The molecular formula is C16H12N2NaO4S+. The van der Waals surface area contributed by atoms with Crippen LogP contribution in [0.25, 0.3) is 10.8 Å². The molecule has 6 nitrogen and oxygen atoms in total. The van der Waals surface area contributed by atoms with Crippen molar-refractivity contribution < 1.29 is 47.6 Å². The van der Waals surface area contributed by atoms with Gasteiger partial charge in [-0.05, 0) is 41.8 Å². The molecule has 2 N–H and O–H groups in total. The number of aromatic hydroxyl groups is 1. The number of fused-ring (bicyclic) bond motifs is 1. The molecule has 3 aromatic rings. The third kappa shape index (κ3) is 4.00. The second kappa shape index (κ2) is 7.42. The summed E-state index contributed by atoms with van der Waals surface area (Å²) in [5.41, 5.74) is 0.827. The van der Waals surface area contributed by atoms with Crippen LogP contribution in [0.15, 0.2) is 75.8 Å². The van der Waals surface area contributed by atoms with E-state index in [2.05, 4.69) is 10.2 Å². The molecule has 24 heavy (non-hydrogen) atoms. The normalized spacial score (nSPS) is 11.5. The van der Waals surface area contributed by atoms with E-state index in [9.17, 15) is 18.1 Å². The van der Waals surface area contributed by atoms with Crippen LogP contribution in [-0.2, 0) is 10.1 Å². The molecule has 116 valence electrons. The fourth-order valence-corrected chi connectivity index (χ4v) is 2.95. The molecule has 0 unspecified atom stereocenters. The molecule has 0 radical (unpaired) electrons. The standard InChI is InChI=1S/C16H12N2O4S.Na/c19-13-9-7-12(8-10-13)17-18-14-5-1-3-11-4-2-6-15(16(11)14)23(20,21)22;/h1-10,19H,(H,20,21,22);/q;+1. The molecule has 0 atom stereocenters. The Bertz CT molecular complexity index is 997. The van der Waals surface area contributed by atoms with Crippen molar-refractivity contribution in [3.8, 4) is 5.75 Å². The molecule has 0 heterocycles. The quantitative estimate of drug-likeness (QED) is 0.421. The van der Waals surface area contributed by atoms with Gasteiger partial charge in [-0.25, -0.2) is 0 Å². The average molecular weight is 351 g/mol. The maximum Gasteiger partial charge on any atom is 1.00 e. The number of phenolic OH excluding ortho intramolecular Hbond substituents is 1. The Labute approximate surface area is 160 Å². The van der Waals surface area contributed by atoms with Crippen LogP contribution in [0.4, 0.5) is 11.4 Å². The molecule has 0 saturated heterocycles. The number of hydrogen-bond donors (Lipinski definition) is 2. The summed E-state index contributed by atoms with van der Waals surface area (Å²) in [5.74, 6) is 0.114. The van der Waals surface area contributed by atoms with E-state index < -0.39 is 10.1 Å². The molecule has 0 fully saturated rings. The van der Waals surface area contributed by atoms with Crippen molar-refractivity contribution in [1.29, 1.82) is 0 Å². The number of rotatable bonds is 3. The van der Waals surface area contributed by atoms with E-state index >= 15 is 0 Å². The monoisotopic (exact) mass is 351 g/mol. The van der Waals surface area contributed by atoms with Crippen molar-refractivity contribution in [1.82, 2.24) is 0 Å². The summed E-state index contributed by atoms with van der Waals surface area (Å²) < 4.78 is 32.5. The van der Waals surface area contributed by atoms with Gasteiger partial charge in [0.15, 0.2) is 0 Å². The maximum atomic E-state index is 11.6. The Morgan fingerprint density at radius 2 is 1.46 bits per heavy atom. The van der Waals surface area contributed by atoms with Gasteiger partial charge in [-0.3, -0.25) is 4.55 Å². The van der Waals surface area contributed by atoms with Gasteiger partial charge in [0, 0.05) is 5.39 Å². The van der Waals surface area contributed by atoms with Crippen molar-refractivity contribution in [3.63, 3.8) is 0 Å². The third-order valence-electron chi connectivity index (χ3n) is 3.25. The smallest absolute Gasteiger partial charge is 0.508 e. The second-order valence-electron chi connectivity index (χ2n) is 4.82. The minimum absolute atomic E-state index is 0. The Morgan fingerprint density at radius 1 is 0.833 bits per heavy atom. The minimum atomic E-state index is -4.38. The Hall–Kier alpha value is -1.77. The summed E-state index contributed by atoms with van der Waals surface area (Å²) in [5, 5.41) is 18.3. The number of phenols is 1. The minimum Gasteiger partial charge on any atom is -0.508 e. The molecule has 0 amide bonds. The number of hydrogen-bond acceptors (Lipinski definition) is 5. The van der Waals surface area contributed by atoms with E-state index in [-0.39, 0.29) is 40.2 Å². The first-order chi connectivity index (χ1) is 10.9. The van der Waals surface area contributed by atoms with Crippen molar-refractivity contribution in [2.75, 3.05) is 0 Å². The molecule has 0 aliphatic heterocycles. The van der Waals surface area contributed by atoms with Crippen LogP contribution < -0.4 is 29.6 Å². The van der Waals surface area contributed by atoms with Gasteiger partial charge in [-0.15, -0.1) is 5.11 Å². The summed E-state index contributed by atoms with van der Waals surface area (Å²) in [4.78, 5) is -0.213. The van der Waals surface area contributed by atoms with Gasteiger partial charge in [0.25, 0.3) is 10.1 Å². The molecule has 0 saturated carbocycles. The second-order valence-corrected chi connectivity index (χ2v) is 6.21. The van der Waals surface area contributed by atoms with Gasteiger partial charge < -0.3 is 5.11 Å². The largest absolute Gasteiger partial charge is 1.00 e. The molecule has 8 heteroatoms. The molecule has 0 aromatic heterocycles. The van der Waals surface area contributed by atoms with Crippen LogP contribution >= 0.6 is 0 Å². The molecule has 3 aromatic carbocycles. The zero-order valence-electron chi connectivity index (χ0n) is 12.8. The summed E-state index contributed by atoms with van der Waals surface area (Å²) in [6, 6.07) is 15.8. The van der Waals surface area contributed by atoms with Gasteiger partial charge in [-0.1, -0.05) is 24.3 Å². The first kappa shape index (κ1) is 18.6. The summed E-state index contributed by atoms with van der Waals surface area (Å²) >= 11 is 0. The molecule has 0 aliphatic rings. The third-order valence-corrected chi connectivity index (χ3v) is 4.14. The fourth-order valence-electron chi connectivity index (χ4n) is 2.22. The fraction of sp³-hybridized carbons (Fsp3) is 0. The zero-order chi connectivity index (χ0) is 16.4. The van der Waals surface area contributed by atoms with E-state index in [0.29, 0.717) is 22.1 Å². The molecule has 3 rings (SSSR count). The maximum absolute atomic E-state index is 11.6. The van der Waals surface area contributed by atoms with E-state index in [1.54, 1.807) is 42.5 Å². The van der Waals surface area contributed by atoms with E-state index in [1.165, 1.54) is 18.2 Å². The average Bonchev–Trinajstić information content (AvgIpc) is 2.53. The molecule has 0 spiro atoms. The van der Waals surface area contributed by atoms with E-state index in [0.717, 1.165) is 0 Å². The molecule has 0 bridgehead atoms. The van der Waals surface area contributed by atoms with Gasteiger partial charge in [0.2, 0.25) is 0 Å². The predicted octanol–water partition coefficient (Wildman–Crippen LogP) is 1.21. The Kier molecular flexibility index (Phi) is 5.74. The number of azo groups is 1. The van der Waals surface area contributed by atoms with Crippen LogP contribution in [0.5, 0.6) is 5.75 Å². The van der Waals surface area contributed by atoms with Crippen LogP contribution in [0, 0.1) is 0 Å². The van der Waals surface area contributed by atoms with Crippen molar-refractivity contribution in [2.45, 2.75) is 4.90 Å². The predicted molar refractivity (Wildman–Crippen MR) is 86.0 cm³/mol. The van der Waals surface area contributed by atoms with Crippen molar-refractivity contribution in [2.24, 2.45) is 10.2 Å². The molecule has 0 aliphatic carbocycles. The number of nitrogens with zero attached hydrogens (tertiary/aromatic N) is 2. The van der Waals surface area contributed by atoms with Gasteiger partial charge in [0.05, 0.1) is 11.4 Å². The SMILES string of the molecule is O=S(=O)(O)c1cccc2cccc(N=Nc3ccc(O)cc3)c12.[Na+]. The number of benzene rings is 3. The van der Waals surface area contributed by atoms with E-state index in [1.807, 2.05) is 0 Å².